The molecule has 0 radical (unpaired) electrons. The Morgan fingerprint density at radius 1 is 1.25 bits per heavy atom. The second-order valence-corrected chi connectivity index (χ2v) is 3.86. The number of carbonyl (C=O) groups is 1. The Bertz CT molecular complexity index is 506. The molecule has 0 atom stereocenters. The van der Waals surface area contributed by atoms with Crippen molar-refractivity contribution in [2.24, 2.45) is 0 Å². The van der Waals surface area contributed by atoms with Crippen LogP contribution in [-0.4, -0.2) is 26.1 Å². The molecule has 0 aliphatic heterocycles. The fraction of sp³-hybridized carbons (Fsp3) is 0.364. The summed E-state index contributed by atoms with van der Waals surface area (Å²) in [5.74, 6) is -0.839. The molecule has 0 spiro atoms. The third-order valence-corrected chi connectivity index (χ3v) is 2.56. The highest BCUT2D eigenvalue weighted by atomic mass is 16.4. The number of aliphatic carboxylic acids is 1. The Morgan fingerprint density at radius 3 is 2.19 bits per heavy atom. The zero-order valence-electron chi connectivity index (χ0n) is 9.27. The lowest BCUT2D eigenvalue weighted by molar-refractivity contribution is -0.137. The molecule has 5 nitrogen and oxygen atoms in total. The van der Waals surface area contributed by atoms with Gasteiger partial charge >= 0.3 is 5.97 Å². The molecule has 0 aliphatic rings. The van der Waals surface area contributed by atoms with Crippen LogP contribution in [0.2, 0.25) is 0 Å². The lowest BCUT2D eigenvalue weighted by Crippen LogP contribution is -2.07. The van der Waals surface area contributed by atoms with Gasteiger partial charge in [0.1, 0.15) is 11.0 Å². The van der Waals surface area contributed by atoms with Crippen molar-refractivity contribution in [2.45, 2.75) is 26.8 Å². The topological polar surface area (TPSA) is 68.0 Å². The van der Waals surface area contributed by atoms with E-state index in [1.165, 1.54) is 4.80 Å². The Kier molecular flexibility index (Phi) is 2.60. The smallest absolute Gasteiger partial charge is 0.305 e. The van der Waals surface area contributed by atoms with Gasteiger partial charge in [0.2, 0.25) is 0 Å². The molecule has 2 aromatic rings. The van der Waals surface area contributed by atoms with Crippen LogP contribution in [0, 0.1) is 13.8 Å². The first kappa shape index (κ1) is 10.6. The van der Waals surface area contributed by atoms with E-state index < -0.39 is 5.97 Å². The fourth-order valence-corrected chi connectivity index (χ4v) is 1.51. The number of aromatic nitrogens is 3. The molecule has 5 heteroatoms. The summed E-state index contributed by atoms with van der Waals surface area (Å²) in [5, 5.41) is 17.0. The third kappa shape index (κ3) is 2.03. The Labute approximate surface area is 92.7 Å². The van der Waals surface area contributed by atoms with Crippen LogP contribution in [0.25, 0.3) is 11.0 Å². The summed E-state index contributed by atoms with van der Waals surface area (Å²) < 4.78 is 0. The lowest BCUT2D eigenvalue weighted by Gasteiger charge is -1.95. The summed E-state index contributed by atoms with van der Waals surface area (Å²) in [6.07, 6.45) is 0.0406. The molecule has 0 amide bonds. The van der Waals surface area contributed by atoms with Crippen LogP contribution in [0.15, 0.2) is 12.1 Å². The number of nitrogens with zero attached hydrogens (tertiary/aromatic N) is 3. The maximum atomic E-state index is 10.4. The molecule has 0 saturated heterocycles. The van der Waals surface area contributed by atoms with Crippen molar-refractivity contribution in [1.82, 2.24) is 15.0 Å². The van der Waals surface area contributed by atoms with Crippen LogP contribution in [-0.2, 0) is 11.3 Å². The standard InChI is InChI=1S/C11H13N3O2/c1-7-5-9-10(6-8(7)2)13-14(12-9)4-3-11(15)16/h5-6H,3-4H2,1-2H3,(H,15,16). The first-order valence-corrected chi connectivity index (χ1v) is 5.10. The molecule has 0 unspecified atom stereocenters. The van der Waals surface area contributed by atoms with Gasteiger partial charge in [0.05, 0.1) is 13.0 Å². The number of benzene rings is 1. The molecule has 0 saturated carbocycles. The Balaban J connectivity index is 2.33. The monoisotopic (exact) mass is 219 g/mol. The van der Waals surface area contributed by atoms with E-state index in [1.807, 2.05) is 26.0 Å². The first-order chi connectivity index (χ1) is 7.56. The van der Waals surface area contributed by atoms with Gasteiger partial charge < -0.3 is 5.11 Å². The third-order valence-electron chi connectivity index (χ3n) is 2.56. The molecular weight excluding hydrogens is 206 g/mol. The largest absolute Gasteiger partial charge is 0.481 e. The Morgan fingerprint density at radius 2 is 1.75 bits per heavy atom. The minimum absolute atomic E-state index is 0.0406. The number of fused-ring (bicyclic) bond motifs is 1. The van der Waals surface area contributed by atoms with Crippen LogP contribution in [0.3, 0.4) is 0 Å². The molecular formula is C11H13N3O2. The van der Waals surface area contributed by atoms with Gasteiger partial charge in [-0.05, 0) is 37.1 Å². The summed E-state index contributed by atoms with van der Waals surface area (Å²) in [4.78, 5) is 11.9. The van der Waals surface area contributed by atoms with Gasteiger partial charge in [-0.25, -0.2) is 0 Å². The second-order valence-electron chi connectivity index (χ2n) is 3.86. The highest BCUT2D eigenvalue weighted by Gasteiger charge is 2.06. The molecule has 0 bridgehead atoms. The van der Waals surface area contributed by atoms with Gasteiger partial charge in [0.25, 0.3) is 0 Å². The van der Waals surface area contributed by atoms with E-state index in [-0.39, 0.29) is 6.42 Å². The molecule has 0 fully saturated rings. The quantitative estimate of drug-likeness (QED) is 0.849. The van der Waals surface area contributed by atoms with Gasteiger partial charge in [0, 0.05) is 0 Å². The second kappa shape index (κ2) is 3.92. The highest BCUT2D eigenvalue weighted by Crippen LogP contribution is 2.15. The van der Waals surface area contributed by atoms with Crippen molar-refractivity contribution in [1.29, 1.82) is 0 Å². The predicted octanol–water partition coefficient (Wildman–Crippen LogP) is 1.52. The average Bonchev–Trinajstić information content (AvgIpc) is 2.58. The van der Waals surface area contributed by atoms with Crippen LogP contribution in [0.5, 0.6) is 0 Å². The summed E-state index contributed by atoms with van der Waals surface area (Å²) in [7, 11) is 0. The maximum Gasteiger partial charge on any atom is 0.305 e. The van der Waals surface area contributed by atoms with E-state index in [4.69, 9.17) is 5.11 Å². The van der Waals surface area contributed by atoms with Crippen LogP contribution >= 0.6 is 0 Å². The molecule has 1 aromatic carbocycles. The predicted molar refractivity (Wildman–Crippen MR) is 59.3 cm³/mol. The van der Waals surface area contributed by atoms with Crippen molar-refractivity contribution >= 4 is 17.0 Å². The van der Waals surface area contributed by atoms with E-state index in [9.17, 15) is 4.79 Å². The molecule has 0 aliphatic carbocycles. The summed E-state index contributed by atoms with van der Waals surface area (Å²) in [6, 6.07) is 3.93. The highest BCUT2D eigenvalue weighted by molar-refractivity contribution is 5.75. The van der Waals surface area contributed by atoms with Crippen molar-refractivity contribution < 1.29 is 9.90 Å². The number of rotatable bonds is 3. The van der Waals surface area contributed by atoms with Gasteiger partial charge in [-0.3, -0.25) is 4.79 Å². The van der Waals surface area contributed by atoms with Crippen molar-refractivity contribution in [3.63, 3.8) is 0 Å². The van der Waals surface area contributed by atoms with Crippen molar-refractivity contribution in [2.75, 3.05) is 0 Å². The van der Waals surface area contributed by atoms with Gasteiger partial charge in [-0.15, -0.1) is 0 Å². The van der Waals surface area contributed by atoms with E-state index in [2.05, 4.69) is 10.2 Å². The van der Waals surface area contributed by atoms with Gasteiger partial charge in [0.15, 0.2) is 0 Å². The van der Waals surface area contributed by atoms with Crippen LogP contribution < -0.4 is 0 Å². The summed E-state index contributed by atoms with van der Waals surface area (Å²) >= 11 is 0. The molecule has 84 valence electrons. The zero-order chi connectivity index (χ0) is 11.7. The van der Waals surface area contributed by atoms with Crippen LogP contribution in [0.4, 0.5) is 0 Å². The zero-order valence-corrected chi connectivity index (χ0v) is 9.27. The van der Waals surface area contributed by atoms with E-state index in [1.54, 1.807) is 0 Å². The van der Waals surface area contributed by atoms with E-state index in [0.29, 0.717) is 6.54 Å². The number of hydrogen-bond donors (Lipinski definition) is 1. The van der Waals surface area contributed by atoms with Gasteiger partial charge in [-0.2, -0.15) is 15.0 Å². The van der Waals surface area contributed by atoms with E-state index in [0.717, 1.165) is 22.2 Å². The lowest BCUT2D eigenvalue weighted by atomic mass is 10.1. The molecule has 16 heavy (non-hydrogen) atoms. The molecule has 1 heterocycles. The number of aryl methyl sites for hydroxylation is 3. The van der Waals surface area contributed by atoms with Crippen molar-refractivity contribution in [3.8, 4) is 0 Å². The Hall–Kier alpha value is -1.91. The van der Waals surface area contributed by atoms with Gasteiger partial charge in [-0.1, -0.05) is 0 Å². The summed E-state index contributed by atoms with van der Waals surface area (Å²) in [5.41, 5.74) is 3.96. The SMILES string of the molecule is Cc1cc2nn(CCC(=O)O)nc2cc1C. The number of carboxylic acids is 1. The summed E-state index contributed by atoms with van der Waals surface area (Å²) in [6.45, 7) is 4.35. The average molecular weight is 219 g/mol. The molecule has 1 N–H and O–H groups in total. The molecule has 2 rings (SSSR count). The molecule has 1 aromatic heterocycles. The van der Waals surface area contributed by atoms with E-state index >= 15 is 0 Å². The minimum Gasteiger partial charge on any atom is -0.481 e. The fourth-order valence-electron chi connectivity index (χ4n) is 1.51. The minimum atomic E-state index is -0.839. The maximum absolute atomic E-state index is 10.4. The first-order valence-electron chi connectivity index (χ1n) is 5.10. The normalized spacial score (nSPS) is 10.9. The van der Waals surface area contributed by atoms with Crippen LogP contribution in [0.1, 0.15) is 17.5 Å². The number of carboxylic acid groups (broad SMARTS) is 1. The van der Waals surface area contributed by atoms with Crippen molar-refractivity contribution in [3.05, 3.63) is 23.3 Å². The number of hydrogen-bond acceptors (Lipinski definition) is 3.